The molecule has 0 N–H and O–H groups in total. The molecule has 0 aromatic heterocycles. The van der Waals surface area contributed by atoms with Crippen LogP contribution in [0.25, 0.3) is 28.3 Å². The van der Waals surface area contributed by atoms with Gasteiger partial charge in [0, 0.05) is 0 Å². The van der Waals surface area contributed by atoms with Crippen LogP contribution < -0.4 is 0 Å². The molecule has 0 aliphatic heterocycles. The summed E-state index contributed by atoms with van der Waals surface area (Å²) in [7, 11) is 0. The second kappa shape index (κ2) is 8.07. The molecule has 0 radical (unpaired) electrons. The van der Waals surface area contributed by atoms with Gasteiger partial charge in [-0.3, -0.25) is 0 Å². The first kappa shape index (κ1) is 22.6. The Morgan fingerprint density at radius 3 is 1.81 bits per heavy atom. The molecular weight excluding hydrogens is 384 g/mol. The monoisotopic (exact) mass is 422 g/mol. The maximum atomic E-state index is 2.47. The van der Waals surface area contributed by atoms with E-state index >= 15 is 0 Å². The Morgan fingerprint density at radius 2 is 1.28 bits per heavy atom. The van der Waals surface area contributed by atoms with Gasteiger partial charge >= 0.3 is 0 Å². The topological polar surface area (TPSA) is 0 Å². The van der Waals surface area contributed by atoms with Gasteiger partial charge in [0.25, 0.3) is 0 Å². The van der Waals surface area contributed by atoms with Gasteiger partial charge in [-0.1, -0.05) is 128 Å². The van der Waals surface area contributed by atoms with Gasteiger partial charge in [-0.05, 0) is 67.7 Å². The molecule has 0 spiro atoms. The Hall–Kier alpha value is -2.60. The zero-order valence-electron chi connectivity index (χ0n) is 21.1. The molecule has 1 aliphatic carbocycles. The summed E-state index contributed by atoms with van der Waals surface area (Å²) in [6, 6.07) is 22.9. The van der Waals surface area contributed by atoms with Crippen molar-refractivity contribution in [2.45, 2.75) is 72.6 Å². The average Bonchev–Trinajstić information content (AvgIpc) is 3.17. The fourth-order valence-electron chi connectivity index (χ4n) is 4.62. The molecule has 0 heteroatoms. The molecule has 3 aromatic rings. The smallest absolute Gasteiger partial charge is 0.00298 e. The van der Waals surface area contributed by atoms with Gasteiger partial charge in [-0.15, -0.1) is 0 Å². The van der Waals surface area contributed by atoms with Crippen LogP contribution in [-0.2, 0) is 17.3 Å². The lowest BCUT2D eigenvalue weighted by molar-refractivity contribution is 0.569. The van der Waals surface area contributed by atoms with Crippen LogP contribution in [0.1, 0.15) is 77.6 Å². The number of fused-ring (bicyclic) bond motifs is 1. The Labute approximate surface area is 195 Å². The quantitative estimate of drug-likeness (QED) is 0.394. The largest absolute Gasteiger partial charge is 0.0626 e. The van der Waals surface area contributed by atoms with Crippen LogP contribution in [0.15, 0.2) is 66.2 Å². The minimum atomic E-state index is 0.0970. The maximum Gasteiger partial charge on any atom is -0.00298 e. The fraction of sp³-hybridized carbons (Fsp3) is 0.375. The first-order valence-electron chi connectivity index (χ1n) is 12.0. The van der Waals surface area contributed by atoms with E-state index in [2.05, 4.69) is 122 Å². The van der Waals surface area contributed by atoms with E-state index in [1.54, 1.807) is 0 Å². The molecule has 166 valence electrons. The van der Waals surface area contributed by atoms with Gasteiger partial charge in [0.15, 0.2) is 0 Å². The Balaban J connectivity index is 2.06. The highest BCUT2D eigenvalue weighted by atomic mass is 14.3. The summed E-state index contributed by atoms with van der Waals surface area (Å²) in [4.78, 5) is 0. The molecule has 0 saturated heterocycles. The molecule has 3 aromatic carbocycles. The Morgan fingerprint density at radius 1 is 0.688 bits per heavy atom. The van der Waals surface area contributed by atoms with Crippen molar-refractivity contribution >= 4 is 6.08 Å². The van der Waals surface area contributed by atoms with Crippen LogP contribution in [0.5, 0.6) is 0 Å². The average molecular weight is 423 g/mol. The zero-order valence-corrected chi connectivity index (χ0v) is 21.1. The predicted octanol–water partition coefficient (Wildman–Crippen LogP) is 9.21. The summed E-state index contributed by atoms with van der Waals surface area (Å²) < 4.78 is 0. The Bertz CT molecular complexity index is 1130. The van der Waals surface area contributed by atoms with E-state index in [4.69, 9.17) is 0 Å². The third-order valence-electron chi connectivity index (χ3n) is 6.84. The van der Waals surface area contributed by atoms with E-state index in [1.807, 2.05) is 0 Å². The second-order valence-corrected chi connectivity index (χ2v) is 11.8. The molecule has 0 saturated carbocycles. The lowest BCUT2D eigenvalue weighted by atomic mass is 9.77. The Kier molecular flexibility index (Phi) is 5.70. The minimum absolute atomic E-state index is 0.0970. The van der Waals surface area contributed by atoms with Gasteiger partial charge in [-0.25, -0.2) is 0 Å². The number of rotatable bonds is 3. The van der Waals surface area contributed by atoms with Crippen molar-refractivity contribution in [3.05, 3.63) is 88.5 Å². The lowest BCUT2D eigenvalue weighted by Crippen LogP contribution is -2.16. The standard InChI is InChI=1S/C32H38/c1-21(2)24-16-23-14-15-28(22-12-10-9-11-13-22)30(29(23)19-24)25-17-26(31(3,4)5)20-27(18-25)32(6,7)8/h9-15,17-21H,16H2,1-8H3. The molecule has 0 amide bonds. The van der Waals surface area contributed by atoms with Crippen LogP contribution in [0, 0.1) is 5.92 Å². The molecule has 1 aliphatic rings. The molecule has 32 heavy (non-hydrogen) atoms. The van der Waals surface area contributed by atoms with Crippen LogP contribution in [0.2, 0.25) is 0 Å². The van der Waals surface area contributed by atoms with Crippen LogP contribution in [0.3, 0.4) is 0 Å². The lowest BCUT2D eigenvalue weighted by Gasteiger charge is -2.27. The fourth-order valence-corrected chi connectivity index (χ4v) is 4.62. The SMILES string of the molecule is CC(C)C1=Cc2c(ccc(-c3ccccc3)c2-c2cc(C(C)(C)C)cc(C(C)(C)C)c2)C1. The number of allylic oxidation sites excluding steroid dienone is 1. The van der Waals surface area contributed by atoms with Gasteiger partial charge < -0.3 is 0 Å². The summed E-state index contributed by atoms with van der Waals surface area (Å²) in [6.45, 7) is 18.6. The molecule has 0 heterocycles. The summed E-state index contributed by atoms with van der Waals surface area (Å²) >= 11 is 0. The summed E-state index contributed by atoms with van der Waals surface area (Å²) in [5.41, 5.74) is 12.8. The summed E-state index contributed by atoms with van der Waals surface area (Å²) in [5, 5.41) is 0. The first-order chi connectivity index (χ1) is 14.9. The highest BCUT2D eigenvalue weighted by Gasteiger charge is 2.25. The molecule has 0 bridgehead atoms. The van der Waals surface area contributed by atoms with E-state index in [0.717, 1.165) is 6.42 Å². The van der Waals surface area contributed by atoms with Crippen molar-refractivity contribution < 1.29 is 0 Å². The molecule has 0 atom stereocenters. The minimum Gasteiger partial charge on any atom is -0.0626 e. The van der Waals surface area contributed by atoms with Gasteiger partial charge in [0.05, 0.1) is 0 Å². The van der Waals surface area contributed by atoms with E-state index in [9.17, 15) is 0 Å². The van der Waals surface area contributed by atoms with E-state index < -0.39 is 0 Å². The van der Waals surface area contributed by atoms with Gasteiger partial charge in [-0.2, -0.15) is 0 Å². The summed E-state index contributed by atoms with van der Waals surface area (Å²) in [5.74, 6) is 0.571. The van der Waals surface area contributed by atoms with Crippen LogP contribution >= 0.6 is 0 Å². The van der Waals surface area contributed by atoms with Crippen molar-refractivity contribution in [2.24, 2.45) is 5.92 Å². The van der Waals surface area contributed by atoms with Crippen molar-refractivity contribution in [1.82, 2.24) is 0 Å². The molecular formula is C32H38. The summed E-state index contributed by atoms with van der Waals surface area (Å²) in [6.07, 6.45) is 3.54. The third kappa shape index (κ3) is 4.33. The van der Waals surface area contributed by atoms with E-state index in [1.165, 1.54) is 50.1 Å². The second-order valence-electron chi connectivity index (χ2n) is 11.8. The van der Waals surface area contributed by atoms with Crippen molar-refractivity contribution in [3.8, 4) is 22.3 Å². The van der Waals surface area contributed by atoms with Crippen molar-refractivity contribution in [2.75, 3.05) is 0 Å². The van der Waals surface area contributed by atoms with E-state index in [0.29, 0.717) is 5.92 Å². The van der Waals surface area contributed by atoms with Gasteiger partial charge in [0.1, 0.15) is 0 Å². The van der Waals surface area contributed by atoms with Crippen molar-refractivity contribution in [3.63, 3.8) is 0 Å². The predicted molar refractivity (Wildman–Crippen MR) is 141 cm³/mol. The highest BCUT2D eigenvalue weighted by molar-refractivity contribution is 5.92. The number of hydrogen-bond acceptors (Lipinski definition) is 0. The maximum absolute atomic E-state index is 2.47. The highest BCUT2D eigenvalue weighted by Crippen LogP contribution is 2.44. The number of hydrogen-bond donors (Lipinski definition) is 0. The van der Waals surface area contributed by atoms with Gasteiger partial charge in [0.2, 0.25) is 0 Å². The van der Waals surface area contributed by atoms with E-state index in [-0.39, 0.29) is 10.8 Å². The third-order valence-corrected chi connectivity index (χ3v) is 6.84. The zero-order chi connectivity index (χ0) is 23.3. The van der Waals surface area contributed by atoms with Crippen LogP contribution in [0.4, 0.5) is 0 Å². The first-order valence-corrected chi connectivity index (χ1v) is 12.0. The molecule has 0 nitrogen and oxygen atoms in total. The number of benzene rings is 3. The van der Waals surface area contributed by atoms with Crippen molar-refractivity contribution in [1.29, 1.82) is 0 Å². The molecule has 4 rings (SSSR count). The molecule has 0 unspecified atom stereocenters. The van der Waals surface area contributed by atoms with Crippen LogP contribution in [-0.4, -0.2) is 0 Å². The normalized spacial score (nSPS) is 14.0. The molecule has 0 fully saturated rings.